The van der Waals surface area contributed by atoms with Gasteiger partial charge >= 0.3 is 5.97 Å². The van der Waals surface area contributed by atoms with Crippen LogP contribution in [0.1, 0.15) is 161 Å². The van der Waals surface area contributed by atoms with Crippen molar-refractivity contribution >= 4 is 5.97 Å². The highest BCUT2D eigenvalue weighted by Crippen LogP contribution is 2.26. The summed E-state index contributed by atoms with van der Waals surface area (Å²) < 4.78 is 11.7. The van der Waals surface area contributed by atoms with Crippen molar-refractivity contribution in [1.82, 2.24) is 0 Å². The highest BCUT2D eigenvalue weighted by molar-refractivity contribution is 5.70. The normalized spacial score (nSPS) is 11.9. The molecule has 0 saturated carbocycles. The molecule has 0 aliphatic rings. The summed E-state index contributed by atoms with van der Waals surface area (Å²) in [4.78, 5) is 12.4. The van der Waals surface area contributed by atoms with E-state index in [2.05, 4.69) is 62.4 Å². The number of hydrogen-bond donors (Lipinski definition) is 0. The van der Waals surface area contributed by atoms with Crippen LogP contribution in [-0.2, 0) is 9.53 Å². The molecule has 0 amide bonds. The Kier molecular flexibility index (Phi) is 19.8. The number of rotatable bonds is 25. The second-order valence-corrected chi connectivity index (χ2v) is 11.9. The first-order valence-corrected chi connectivity index (χ1v) is 17.2. The second kappa shape index (κ2) is 23.3. The van der Waals surface area contributed by atoms with Gasteiger partial charge in [0.2, 0.25) is 0 Å². The minimum absolute atomic E-state index is 0.0827. The Morgan fingerprint density at radius 1 is 0.561 bits per heavy atom. The van der Waals surface area contributed by atoms with Crippen LogP contribution in [0.4, 0.5) is 0 Å². The quantitative estimate of drug-likeness (QED) is 0.0888. The molecule has 41 heavy (non-hydrogen) atoms. The van der Waals surface area contributed by atoms with Crippen molar-refractivity contribution < 1.29 is 14.3 Å². The minimum Gasteiger partial charge on any atom is -0.494 e. The average Bonchev–Trinajstić information content (AvgIpc) is 2.99. The number of hydrogen-bond acceptors (Lipinski definition) is 3. The third kappa shape index (κ3) is 16.7. The van der Waals surface area contributed by atoms with Gasteiger partial charge in [0.25, 0.3) is 0 Å². The maximum absolute atomic E-state index is 12.4. The van der Waals surface area contributed by atoms with Crippen LogP contribution in [0.2, 0.25) is 0 Å². The maximum atomic E-state index is 12.4. The first kappa shape index (κ1) is 34.9. The first-order chi connectivity index (χ1) is 20.1. The van der Waals surface area contributed by atoms with Crippen molar-refractivity contribution in [2.24, 2.45) is 0 Å². The highest BCUT2D eigenvalue weighted by atomic mass is 16.5. The third-order valence-corrected chi connectivity index (χ3v) is 8.13. The molecule has 0 bridgehead atoms. The number of carbonyl (C=O) groups excluding carboxylic acids is 1. The van der Waals surface area contributed by atoms with Crippen molar-refractivity contribution in [2.75, 3.05) is 6.61 Å². The van der Waals surface area contributed by atoms with E-state index in [9.17, 15) is 4.79 Å². The Hall–Kier alpha value is -2.29. The molecule has 3 heteroatoms. The SMILES string of the molecule is CCCCCCCCCCCCCCC(=O)OC(C)c1ccc(-c2ccc(OCCCCCCCCC)cc2)cc1. The van der Waals surface area contributed by atoms with Gasteiger partial charge in [0, 0.05) is 6.42 Å². The van der Waals surface area contributed by atoms with Gasteiger partial charge in [-0.15, -0.1) is 0 Å². The molecular weight excluding hydrogens is 504 g/mol. The summed E-state index contributed by atoms with van der Waals surface area (Å²) in [6, 6.07) is 16.7. The van der Waals surface area contributed by atoms with Gasteiger partial charge in [0.15, 0.2) is 0 Å². The van der Waals surface area contributed by atoms with E-state index in [1.54, 1.807) is 0 Å². The number of unbranched alkanes of at least 4 members (excludes halogenated alkanes) is 17. The summed E-state index contributed by atoms with van der Waals surface area (Å²) in [5.74, 6) is 0.853. The standard InChI is InChI=1S/C38H60O3/c1-4-6-8-10-12-13-14-15-16-17-19-21-23-38(39)41-33(3)34-24-26-35(27-25-34)36-28-30-37(31-29-36)40-32-22-20-18-11-9-7-5-2/h24-31,33H,4-23,32H2,1-3H3. The molecule has 0 aliphatic carbocycles. The predicted molar refractivity (Wildman–Crippen MR) is 176 cm³/mol. The molecule has 0 radical (unpaired) electrons. The summed E-state index contributed by atoms with van der Waals surface area (Å²) in [6.45, 7) is 7.28. The minimum atomic E-state index is -0.226. The lowest BCUT2D eigenvalue weighted by Crippen LogP contribution is -2.08. The molecule has 1 unspecified atom stereocenters. The van der Waals surface area contributed by atoms with Gasteiger partial charge in [-0.05, 0) is 48.6 Å². The van der Waals surface area contributed by atoms with E-state index >= 15 is 0 Å². The zero-order valence-corrected chi connectivity index (χ0v) is 26.8. The Morgan fingerprint density at radius 2 is 0.976 bits per heavy atom. The van der Waals surface area contributed by atoms with Crippen molar-refractivity contribution in [1.29, 1.82) is 0 Å². The van der Waals surface area contributed by atoms with Crippen LogP contribution >= 0.6 is 0 Å². The van der Waals surface area contributed by atoms with Crippen LogP contribution in [0.15, 0.2) is 48.5 Å². The molecule has 0 aliphatic heterocycles. The lowest BCUT2D eigenvalue weighted by molar-refractivity contribution is -0.148. The summed E-state index contributed by atoms with van der Waals surface area (Å²) >= 11 is 0. The fourth-order valence-corrected chi connectivity index (χ4v) is 5.37. The summed E-state index contributed by atoms with van der Waals surface area (Å²) in [5.41, 5.74) is 3.35. The van der Waals surface area contributed by atoms with Crippen LogP contribution in [0.25, 0.3) is 11.1 Å². The largest absolute Gasteiger partial charge is 0.494 e. The van der Waals surface area contributed by atoms with Gasteiger partial charge in [-0.3, -0.25) is 4.79 Å². The summed E-state index contributed by atoms with van der Waals surface area (Å²) in [6.07, 6.45) is 24.9. The fraction of sp³-hybridized carbons (Fsp3) is 0.658. The first-order valence-electron chi connectivity index (χ1n) is 17.2. The van der Waals surface area contributed by atoms with Gasteiger partial charge < -0.3 is 9.47 Å². The zero-order chi connectivity index (χ0) is 29.4. The van der Waals surface area contributed by atoms with E-state index in [0.717, 1.165) is 48.3 Å². The number of benzene rings is 2. The summed E-state index contributed by atoms with van der Waals surface area (Å²) in [5, 5.41) is 0. The van der Waals surface area contributed by atoms with Gasteiger partial charge in [-0.1, -0.05) is 159 Å². The van der Waals surface area contributed by atoms with Gasteiger partial charge in [-0.2, -0.15) is 0 Å². The smallest absolute Gasteiger partial charge is 0.306 e. The van der Waals surface area contributed by atoms with Crippen LogP contribution < -0.4 is 4.74 Å². The van der Waals surface area contributed by atoms with Crippen LogP contribution in [0.3, 0.4) is 0 Å². The van der Waals surface area contributed by atoms with E-state index in [4.69, 9.17) is 9.47 Å². The Bertz CT molecular complexity index is 887. The molecule has 0 spiro atoms. The van der Waals surface area contributed by atoms with Gasteiger partial charge in [0.1, 0.15) is 11.9 Å². The van der Waals surface area contributed by atoms with E-state index in [-0.39, 0.29) is 12.1 Å². The molecule has 0 fully saturated rings. The lowest BCUT2D eigenvalue weighted by Gasteiger charge is -2.14. The van der Waals surface area contributed by atoms with E-state index in [1.165, 1.54) is 103 Å². The van der Waals surface area contributed by atoms with Crippen LogP contribution in [-0.4, -0.2) is 12.6 Å². The Labute approximate surface area is 252 Å². The van der Waals surface area contributed by atoms with Crippen molar-refractivity contribution in [2.45, 2.75) is 155 Å². The third-order valence-electron chi connectivity index (χ3n) is 8.13. The van der Waals surface area contributed by atoms with Crippen molar-refractivity contribution in [3.63, 3.8) is 0 Å². The van der Waals surface area contributed by atoms with E-state index in [1.807, 2.05) is 6.92 Å². The van der Waals surface area contributed by atoms with Crippen molar-refractivity contribution in [3.8, 4) is 16.9 Å². The molecular formula is C38H60O3. The molecule has 0 saturated heterocycles. The molecule has 2 aromatic carbocycles. The highest BCUT2D eigenvalue weighted by Gasteiger charge is 2.12. The summed E-state index contributed by atoms with van der Waals surface area (Å²) in [7, 11) is 0. The second-order valence-electron chi connectivity index (χ2n) is 11.9. The average molecular weight is 565 g/mol. The molecule has 2 aromatic rings. The number of ether oxygens (including phenoxy) is 2. The number of esters is 1. The van der Waals surface area contributed by atoms with Gasteiger partial charge in [-0.25, -0.2) is 0 Å². The predicted octanol–water partition coefficient (Wildman–Crippen LogP) is 12.2. The van der Waals surface area contributed by atoms with Crippen LogP contribution in [0, 0.1) is 0 Å². The zero-order valence-electron chi connectivity index (χ0n) is 26.8. The monoisotopic (exact) mass is 564 g/mol. The molecule has 3 nitrogen and oxygen atoms in total. The Balaban J connectivity index is 1.57. The maximum Gasteiger partial charge on any atom is 0.306 e. The molecule has 0 N–H and O–H groups in total. The molecule has 0 heterocycles. The molecule has 230 valence electrons. The Morgan fingerprint density at radius 3 is 1.46 bits per heavy atom. The van der Waals surface area contributed by atoms with Crippen molar-refractivity contribution in [3.05, 3.63) is 54.1 Å². The van der Waals surface area contributed by atoms with Gasteiger partial charge in [0.05, 0.1) is 6.61 Å². The molecule has 2 rings (SSSR count). The van der Waals surface area contributed by atoms with E-state index < -0.39 is 0 Å². The molecule has 1 atom stereocenters. The number of carbonyl (C=O) groups is 1. The lowest BCUT2D eigenvalue weighted by atomic mass is 10.0. The van der Waals surface area contributed by atoms with E-state index in [0.29, 0.717) is 6.42 Å². The fourth-order valence-electron chi connectivity index (χ4n) is 5.37. The molecule has 0 aromatic heterocycles. The topological polar surface area (TPSA) is 35.5 Å². The van der Waals surface area contributed by atoms with Crippen LogP contribution in [0.5, 0.6) is 5.75 Å².